The predicted molar refractivity (Wildman–Crippen MR) is 95.7 cm³/mol. The first-order chi connectivity index (χ1) is 11.1. The molecule has 1 heterocycles. The predicted octanol–water partition coefficient (Wildman–Crippen LogP) is 2.80. The Hall–Kier alpha value is -1.49. The van der Waals surface area contributed by atoms with E-state index in [1.165, 1.54) is 0 Å². The van der Waals surface area contributed by atoms with Gasteiger partial charge < -0.3 is 10.2 Å². The summed E-state index contributed by atoms with van der Waals surface area (Å²) in [5.74, 6) is 1.31. The number of likely N-dealkylation sites (tertiary alicyclic amines) is 1. The van der Waals surface area contributed by atoms with Crippen molar-refractivity contribution in [1.82, 2.24) is 10.2 Å². The lowest BCUT2D eigenvalue weighted by molar-refractivity contribution is -0.126. The number of amides is 2. The SMILES string of the molecule is CSCCC(C)NC(=O)C1CCN(C(=O)c2ccccc2)CC1. The van der Waals surface area contributed by atoms with Gasteiger partial charge in [-0.25, -0.2) is 0 Å². The van der Waals surface area contributed by atoms with Crippen molar-refractivity contribution in [3.63, 3.8) is 0 Å². The van der Waals surface area contributed by atoms with E-state index >= 15 is 0 Å². The van der Waals surface area contributed by atoms with Crippen LogP contribution in [0.1, 0.15) is 36.5 Å². The van der Waals surface area contributed by atoms with E-state index < -0.39 is 0 Å². The molecular formula is C18H26N2O2S. The minimum Gasteiger partial charge on any atom is -0.353 e. The zero-order valence-corrected chi connectivity index (χ0v) is 14.8. The Balaban J connectivity index is 1.79. The molecule has 1 aromatic carbocycles. The van der Waals surface area contributed by atoms with E-state index in [9.17, 15) is 9.59 Å². The maximum atomic E-state index is 12.4. The Morgan fingerprint density at radius 2 is 1.91 bits per heavy atom. The van der Waals surface area contributed by atoms with E-state index in [2.05, 4.69) is 18.5 Å². The second-order valence-corrected chi connectivity index (χ2v) is 7.11. The lowest BCUT2D eigenvalue weighted by Gasteiger charge is -2.32. The van der Waals surface area contributed by atoms with Crippen molar-refractivity contribution in [2.24, 2.45) is 5.92 Å². The summed E-state index contributed by atoms with van der Waals surface area (Å²) in [5, 5.41) is 3.10. The molecule has 0 radical (unpaired) electrons. The second-order valence-electron chi connectivity index (χ2n) is 6.12. The van der Waals surface area contributed by atoms with Crippen LogP contribution in [0.3, 0.4) is 0 Å². The van der Waals surface area contributed by atoms with E-state index in [1.807, 2.05) is 35.2 Å². The maximum Gasteiger partial charge on any atom is 0.253 e. The van der Waals surface area contributed by atoms with Crippen LogP contribution in [0.2, 0.25) is 0 Å². The number of thioether (sulfide) groups is 1. The number of nitrogens with one attached hydrogen (secondary N) is 1. The smallest absolute Gasteiger partial charge is 0.253 e. The first-order valence-electron chi connectivity index (χ1n) is 8.25. The van der Waals surface area contributed by atoms with Crippen molar-refractivity contribution in [2.75, 3.05) is 25.1 Å². The monoisotopic (exact) mass is 334 g/mol. The fourth-order valence-corrected chi connectivity index (χ4v) is 3.42. The molecule has 0 aliphatic carbocycles. The Morgan fingerprint density at radius 1 is 1.26 bits per heavy atom. The highest BCUT2D eigenvalue weighted by molar-refractivity contribution is 7.98. The third-order valence-electron chi connectivity index (χ3n) is 4.32. The summed E-state index contributed by atoms with van der Waals surface area (Å²) >= 11 is 1.80. The van der Waals surface area contributed by atoms with Gasteiger partial charge in [-0.3, -0.25) is 9.59 Å². The van der Waals surface area contributed by atoms with Crippen LogP contribution in [-0.4, -0.2) is 47.9 Å². The molecule has 0 saturated carbocycles. The average molecular weight is 334 g/mol. The molecule has 23 heavy (non-hydrogen) atoms. The van der Waals surface area contributed by atoms with Crippen LogP contribution >= 0.6 is 11.8 Å². The first kappa shape index (κ1) is 17.9. The Morgan fingerprint density at radius 3 is 2.52 bits per heavy atom. The van der Waals surface area contributed by atoms with Gasteiger partial charge in [-0.15, -0.1) is 0 Å². The van der Waals surface area contributed by atoms with Gasteiger partial charge in [0.25, 0.3) is 5.91 Å². The van der Waals surface area contributed by atoms with Crippen molar-refractivity contribution in [3.05, 3.63) is 35.9 Å². The molecule has 1 fully saturated rings. The Labute approximate surface area is 143 Å². The van der Waals surface area contributed by atoms with Crippen molar-refractivity contribution >= 4 is 23.6 Å². The fourth-order valence-electron chi connectivity index (χ4n) is 2.84. The summed E-state index contributed by atoms with van der Waals surface area (Å²) < 4.78 is 0. The average Bonchev–Trinajstić information content (AvgIpc) is 2.60. The van der Waals surface area contributed by atoms with Crippen LogP contribution in [0.4, 0.5) is 0 Å². The molecule has 2 amide bonds. The molecule has 0 aromatic heterocycles. The van der Waals surface area contributed by atoms with Crippen LogP contribution in [0.25, 0.3) is 0 Å². The van der Waals surface area contributed by atoms with Crippen LogP contribution < -0.4 is 5.32 Å². The lowest BCUT2D eigenvalue weighted by atomic mass is 9.95. The lowest BCUT2D eigenvalue weighted by Crippen LogP contribution is -2.44. The molecule has 1 aliphatic heterocycles. The van der Waals surface area contributed by atoms with Gasteiger partial charge in [0.05, 0.1) is 0 Å². The molecule has 5 heteroatoms. The molecule has 1 N–H and O–H groups in total. The number of piperidine rings is 1. The number of carbonyl (C=O) groups is 2. The quantitative estimate of drug-likeness (QED) is 0.870. The Kier molecular flexibility index (Phi) is 6.96. The second kappa shape index (κ2) is 8.96. The highest BCUT2D eigenvalue weighted by Gasteiger charge is 2.28. The fraction of sp³-hybridized carbons (Fsp3) is 0.556. The molecule has 2 rings (SSSR count). The number of nitrogens with zero attached hydrogens (tertiary/aromatic N) is 1. The van der Waals surface area contributed by atoms with Crippen molar-refractivity contribution in [3.8, 4) is 0 Å². The van der Waals surface area contributed by atoms with Gasteiger partial charge in [0.2, 0.25) is 5.91 Å². The summed E-state index contributed by atoms with van der Waals surface area (Å²) in [6, 6.07) is 9.57. The molecule has 1 unspecified atom stereocenters. The van der Waals surface area contributed by atoms with Gasteiger partial charge in [0, 0.05) is 30.6 Å². The van der Waals surface area contributed by atoms with Gasteiger partial charge in [-0.2, -0.15) is 11.8 Å². The van der Waals surface area contributed by atoms with Crippen LogP contribution in [0, 0.1) is 5.92 Å². The van der Waals surface area contributed by atoms with Crippen LogP contribution in [0.5, 0.6) is 0 Å². The van der Waals surface area contributed by atoms with Gasteiger partial charge in [0.1, 0.15) is 0 Å². The molecule has 1 aliphatic rings. The molecule has 1 saturated heterocycles. The number of hydrogen-bond acceptors (Lipinski definition) is 3. The summed E-state index contributed by atoms with van der Waals surface area (Å²) in [6.45, 7) is 3.37. The molecule has 0 spiro atoms. The van der Waals surface area contributed by atoms with Gasteiger partial charge in [-0.1, -0.05) is 18.2 Å². The number of carbonyl (C=O) groups excluding carboxylic acids is 2. The standard InChI is InChI=1S/C18H26N2O2S/c1-14(10-13-23-2)19-17(21)15-8-11-20(12-9-15)18(22)16-6-4-3-5-7-16/h3-7,14-15H,8-13H2,1-2H3,(H,19,21). The van der Waals surface area contributed by atoms with E-state index in [-0.39, 0.29) is 23.8 Å². The van der Waals surface area contributed by atoms with E-state index in [1.54, 1.807) is 11.8 Å². The normalized spacial score (nSPS) is 16.9. The van der Waals surface area contributed by atoms with E-state index in [4.69, 9.17) is 0 Å². The largest absolute Gasteiger partial charge is 0.353 e. The molecular weight excluding hydrogens is 308 g/mol. The number of hydrogen-bond donors (Lipinski definition) is 1. The summed E-state index contributed by atoms with van der Waals surface area (Å²) in [6.07, 6.45) is 4.57. The van der Waals surface area contributed by atoms with Crippen LogP contribution in [0.15, 0.2) is 30.3 Å². The summed E-state index contributed by atoms with van der Waals surface area (Å²) in [7, 11) is 0. The molecule has 126 valence electrons. The Bertz CT molecular complexity index is 513. The third-order valence-corrected chi connectivity index (χ3v) is 4.96. The summed E-state index contributed by atoms with van der Waals surface area (Å²) in [5.41, 5.74) is 0.723. The van der Waals surface area contributed by atoms with Crippen molar-refractivity contribution in [1.29, 1.82) is 0 Å². The van der Waals surface area contributed by atoms with Crippen molar-refractivity contribution in [2.45, 2.75) is 32.2 Å². The number of rotatable bonds is 6. The molecule has 4 nitrogen and oxygen atoms in total. The van der Waals surface area contributed by atoms with Gasteiger partial charge >= 0.3 is 0 Å². The van der Waals surface area contributed by atoms with Gasteiger partial charge in [0.15, 0.2) is 0 Å². The van der Waals surface area contributed by atoms with E-state index in [0.717, 1.165) is 30.6 Å². The molecule has 1 aromatic rings. The first-order valence-corrected chi connectivity index (χ1v) is 9.65. The maximum absolute atomic E-state index is 12.4. The van der Waals surface area contributed by atoms with E-state index in [0.29, 0.717) is 13.1 Å². The van der Waals surface area contributed by atoms with Crippen LogP contribution in [-0.2, 0) is 4.79 Å². The van der Waals surface area contributed by atoms with Gasteiger partial charge in [-0.05, 0) is 50.3 Å². The highest BCUT2D eigenvalue weighted by atomic mass is 32.2. The minimum absolute atomic E-state index is 0.0338. The zero-order chi connectivity index (χ0) is 16.7. The third kappa shape index (κ3) is 5.27. The zero-order valence-electron chi connectivity index (χ0n) is 14.0. The topological polar surface area (TPSA) is 49.4 Å². The molecule has 0 bridgehead atoms. The molecule has 1 atom stereocenters. The minimum atomic E-state index is 0.0338. The highest BCUT2D eigenvalue weighted by Crippen LogP contribution is 2.19. The van der Waals surface area contributed by atoms with Crippen molar-refractivity contribution < 1.29 is 9.59 Å². The summed E-state index contributed by atoms with van der Waals surface area (Å²) in [4.78, 5) is 26.5. The number of benzene rings is 1.